The summed E-state index contributed by atoms with van der Waals surface area (Å²) < 4.78 is 7.88. The highest BCUT2D eigenvalue weighted by Crippen LogP contribution is 2.48. The van der Waals surface area contributed by atoms with Crippen LogP contribution in [-0.2, 0) is 25.3 Å². The number of anilines is 1. The van der Waals surface area contributed by atoms with Gasteiger partial charge in [-0.3, -0.25) is 23.9 Å². The highest BCUT2D eigenvalue weighted by atomic mass is 35.5. The van der Waals surface area contributed by atoms with E-state index in [1.807, 2.05) is 18.2 Å². The van der Waals surface area contributed by atoms with E-state index in [0.717, 1.165) is 48.0 Å². The summed E-state index contributed by atoms with van der Waals surface area (Å²) in [5.74, 6) is -0.00923. The van der Waals surface area contributed by atoms with Gasteiger partial charge in [-0.2, -0.15) is 0 Å². The predicted octanol–water partition coefficient (Wildman–Crippen LogP) is 4.33. The first-order chi connectivity index (χ1) is 22.5. The number of rotatable bonds is 6. The highest BCUT2D eigenvalue weighted by Gasteiger charge is 2.51. The minimum Gasteiger partial charge on any atom is -0.481 e. The van der Waals surface area contributed by atoms with E-state index in [4.69, 9.17) is 32.9 Å². The largest absolute Gasteiger partial charge is 0.481 e. The number of pyridine rings is 1. The molecule has 0 saturated carbocycles. The number of methoxy groups -OCH3 is 1. The van der Waals surface area contributed by atoms with E-state index in [-0.39, 0.29) is 33.8 Å². The summed E-state index contributed by atoms with van der Waals surface area (Å²) in [6.45, 7) is 1.65. The van der Waals surface area contributed by atoms with Gasteiger partial charge in [0, 0.05) is 68.1 Å². The molecule has 0 unspecified atom stereocenters. The topological polar surface area (TPSA) is 128 Å². The molecular weight excluding hydrogens is 643 g/mol. The molecule has 242 valence electrons. The van der Waals surface area contributed by atoms with Crippen LogP contribution in [0.15, 0.2) is 58.3 Å². The van der Waals surface area contributed by atoms with Crippen LogP contribution in [-0.4, -0.2) is 56.6 Å². The maximum Gasteiger partial charge on any atom is 0.330 e. The van der Waals surface area contributed by atoms with Crippen molar-refractivity contribution < 1.29 is 14.3 Å². The van der Waals surface area contributed by atoms with Crippen LogP contribution in [0.1, 0.15) is 46.8 Å². The lowest BCUT2D eigenvalue weighted by Gasteiger charge is -2.50. The fourth-order valence-corrected chi connectivity index (χ4v) is 7.73. The molecule has 4 aromatic rings. The van der Waals surface area contributed by atoms with Crippen molar-refractivity contribution >= 4 is 40.7 Å². The number of halogens is 2. The van der Waals surface area contributed by atoms with Crippen molar-refractivity contribution in [1.29, 1.82) is 0 Å². The van der Waals surface area contributed by atoms with Gasteiger partial charge in [-0.1, -0.05) is 53.5 Å². The zero-order valence-corrected chi connectivity index (χ0v) is 27.5. The van der Waals surface area contributed by atoms with Crippen LogP contribution in [0, 0.1) is 0 Å². The molecule has 1 aliphatic carbocycles. The number of aromatic nitrogens is 3. The van der Waals surface area contributed by atoms with Crippen LogP contribution in [0.2, 0.25) is 10.0 Å². The third-order valence-corrected chi connectivity index (χ3v) is 10.3. The summed E-state index contributed by atoms with van der Waals surface area (Å²) in [6, 6.07) is 13.0. The number of nitrogens with zero attached hydrogens (tertiary/aromatic N) is 4. The number of carbonyl (C=O) groups excluding carboxylic acids is 2. The van der Waals surface area contributed by atoms with Crippen LogP contribution < -0.4 is 26.6 Å². The quantitative estimate of drug-likeness (QED) is 0.312. The number of benzene rings is 2. The number of hydrogen-bond acceptors (Lipinski definition) is 7. The number of likely N-dealkylation sites (tertiary alicyclic amines) is 1. The Morgan fingerprint density at radius 3 is 2.43 bits per heavy atom. The maximum absolute atomic E-state index is 13.1. The van der Waals surface area contributed by atoms with Crippen molar-refractivity contribution in [3.05, 3.63) is 96.2 Å². The Kier molecular flexibility index (Phi) is 7.73. The number of fused-ring (bicyclic) bond motifs is 1. The van der Waals surface area contributed by atoms with E-state index in [1.165, 1.54) is 24.9 Å². The lowest BCUT2D eigenvalue weighted by atomic mass is 9.86. The van der Waals surface area contributed by atoms with Gasteiger partial charge in [0.25, 0.3) is 11.5 Å². The van der Waals surface area contributed by atoms with Gasteiger partial charge in [-0.15, -0.1) is 0 Å². The molecule has 2 amide bonds. The van der Waals surface area contributed by atoms with Gasteiger partial charge in [0.2, 0.25) is 11.8 Å². The lowest BCUT2D eigenvalue weighted by Crippen LogP contribution is -2.67. The van der Waals surface area contributed by atoms with E-state index < -0.39 is 17.2 Å². The fourth-order valence-electron chi connectivity index (χ4n) is 7.13. The molecule has 2 saturated heterocycles. The Morgan fingerprint density at radius 1 is 1.02 bits per heavy atom. The van der Waals surface area contributed by atoms with Crippen molar-refractivity contribution in [3.63, 3.8) is 0 Å². The van der Waals surface area contributed by atoms with Gasteiger partial charge >= 0.3 is 5.69 Å². The summed E-state index contributed by atoms with van der Waals surface area (Å²) >= 11 is 13.9. The average Bonchev–Trinajstić information content (AvgIpc) is 3.65. The fraction of sp³-hybridized carbons (Fsp3) is 0.324. The zero-order chi connectivity index (χ0) is 33.2. The summed E-state index contributed by atoms with van der Waals surface area (Å²) in [5.41, 5.74) is 3.53. The van der Waals surface area contributed by atoms with Crippen molar-refractivity contribution in [1.82, 2.24) is 24.3 Å². The number of carbonyl (C=O) groups is 2. The second kappa shape index (κ2) is 11.7. The van der Waals surface area contributed by atoms with Gasteiger partial charge in [-0.05, 0) is 37.0 Å². The minimum absolute atomic E-state index is 0.103. The van der Waals surface area contributed by atoms with Gasteiger partial charge < -0.3 is 19.9 Å². The Hall–Kier alpha value is -4.45. The van der Waals surface area contributed by atoms with Crippen LogP contribution >= 0.6 is 23.2 Å². The monoisotopic (exact) mass is 674 g/mol. The van der Waals surface area contributed by atoms with Crippen LogP contribution in [0.5, 0.6) is 5.88 Å². The Morgan fingerprint density at radius 2 is 1.72 bits per heavy atom. The molecule has 0 radical (unpaired) electrons. The molecule has 2 N–H and O–H groups in total. The molecule has 2 fully saturated rings. The van der Waals surface area contributed by atoms with Crippen molar-refractivity contribution in [2.45, 2.75) is 37.3 Å². The average molecular weight is 676 g/mol. The van der Waals surface area contributed by atoms with Crippen molar-refractivity contribution in [3.8, 4) is 28.3 Å². The van der Waals surface area contributed by atoms with E-state index in [9.17, 15) is 19.2 Å². The predicted molar refractivity (Wildman–Crippen MR) is 179 cm³/mol. The molecule has 13 heteroatoms. The van der Waals surface area contributed by atoms with Gasteiger partial charge in [0.15, 0.2) is 0 Å². The number of nitrogens with one attached hydrogen (secondary N) is 2. The molecule has 47 heavy (non-hydrogen) atoms. The Bertz CT molecular complexity index is 2100. The van der Waals surface area contributed by atoms with E-state index >= 15 is 0 Å². The molecule has 1 atom stereocenters. The number of amides is 2. The number of hydrogen-bond donors (Lipinski definition) is 2. The molecule has 11 nitrogen and oxygen atoms in total. The normalized spacial score (nSPS) is 18.1. The third-order valence-electron chi connectivity index (χ3n) is 9.51. The van der Waals surface area contributed by atoms with Crippen LogP contribution in [0.4, 0.5) is 5.69 Å². The minimum atomic E-state index is -0.715. The van der Waals surface area contributed by atoms with Gasteiger partial charge in [-0.25, -0.2) is 9.78 Å². The lowest BCUT2D eigenvalue weighted by molar-refractivity contribution is -0.121. The van der Waals surface area contributed by atoms with E-state index in [2.05, 4.69) is 21.6 Å². The molecule has 0 bridgehead atoms. The second-order valence-electron chi connectivity index (χ2n) is 12.5. The first kappa shape index (κ1) is 31.2. The molecule has 2 aliphatic heterocycles. The summed E-state index contributed by atoms with van der Waals surface area (Å²) in [5, 5.41) is 6.53. The first-order valence-electron chi connectivity index (χ1n) is 15.3. The Labute approximate surface area is 280 Å². The highest BCUT2D eigenvalue weighted by molar-refractivity contribution is 6.39. The number of ether oxygens (including phenoxy) is 1. The smallest absolute Gasteiger partial charge is 0.330 e. The number of aryl methyl sites for hydroxylation is 2. The molecule has 2 aromatic heterocycles. The van der Waals surface area contributed by atoms with E-state index in [0.29, 0.717) is 39.7 Å². The third kappa shape index (κ3) is 5.22. The first-order valence-corrected chi connectivity index (χ1v) is 16.0. The molecule has 7 rings (SSSR count). The zero-order valence-electron chi connectivity index (χ0n) is 26.0. The molecule has 1 spiro atoms. The summed E-state index contributed by atoms with van der Waals surface area (Å²) in [6.07, 6.45) is 4.47. The van der Waals surface area contributed by atoms with Crippen LogP contribution in [0.3, 0.4) is 0 Å². The molecule has 3 aliphatic rings. The maximum atomic E-state index is 13.1. The molecule has 2 aromatic carbocycles. The van der Waals surface area contributed by atoms with Crippen molar-refractivity contribution in [2.75, 3.05) is 25.5 Å². The van der Waals surface area contributed by atoms with Gasteiger partial charge in [0.1, 0.15) is 5.56 Å². The standard InChI is InChI=1S/C34H32Cl2N6O5/c1-40-15-22(32(45)41(2)33(40)46)30(44)37-23-9-5-7-20(29(23)36)19-6-4-8-21(28(19)35)24-14-18-10-11-25(27(18)31(38-24)47-3)42-16-34(17-42)13-12-26(43)39-34/h4-9,14-15,25H,10-13,16-17H2,1-3H3,(H,37,44)(H,39,43)/t25-/m1/s1. The molecular formula is C34H32Cl2N6O5. The van der Waals surface area contributed by atoms with Crippen molar-refractivity contribution in [2.24, 2.45) is 14.1 Å². The summed E-state index contributed by atoms with van der Waals surface area (Å²) in [4.78, 5) is 57.0. The summed E-state index contributed by atoms with van der Waals surface area (Å²) in [7, 11) is 4.40. The molecule has 4 heterocycles. The SMILES string of the molecule is COc1nc(-c2cccc(-c3cccc(NC(=O)c4cn(C)c(=O)n(C)c4=O)c3Cl)c2Cl)cc2c1[C@H](N1CC3(CCC(=O)N3)C1)CC2. The van der Waals surface area contributed by atoms with Crippen LogP contribution in [0.25, 0.3) is 22.4 Å². The van der Waals surface area contributed by atoms with Gasteiger partial charge in [0.05, 0.1) is 34.1 Å². The Balaban J connectivity index is 1.18. The second-order valence-corrected chi connectivity index (χ2v) is 13.2. The van der Waals surface area contributed by atoms with E-state index in [1.54, 1.807) is 25.3 Å².